The number of benzene rings is 2. The normalized spacial score (nSPS) is 19.1. The predicted molar refractivity (Wildman–Crippen MR) is 241 cm³/mol. The van der Waals surface area contributed by atoms with Gasteiger partial charge in [0.1, 0.15) is 29.6 Å². The Hall–Kier alpha value is -4.97. The molecule has 0 saturated heterocycles. The molecule has 0 bridgehead atoms. The molecule has 11 nitrogen and oxygen atoms in total. The van der Waals surface area contributed by atoms with Crippen LogP contribution in [0.3, 0.4) is 0 Å². The first-order valence-electron chi connectivity index (χ1n) is 21.7. The molecule has 3 aromatic heterocycles. The van der Waals surface area contributed by atoms with Gasteiger partial charge in [-0.3, -0.25) is 18.9 Å². The highest BCUT2D eigenvalue weighted by Crippen LogP contribution is 2.68. The van der Waals surface area contributed by atoms with Crippen LogP contribution in [0.2, 0.25) is 23.2 Å². The van der Waals surface area contributed by atoms with Gasteiger partial charge in [0, 0.05) is 35.7 Å². The maximum atomic E-state index is 15.6. The lowest BCUT2D eigenvalue weighted by atomic mass is 9.88. The average Bonchev–Trinajstić information content (AvgIpc) is 3.42. The highest BCUT2D eigenvalue weighted by Gasteiger charge is 2.68. The van der Waals surface area contributed by atoms with E-state index in [0.29, 0.717) is 28.4 Å². The second-order valence-corrected chi connectivity index (χ2v) is 26.5. The summed E-state index contributed by atoms with van der Waals surface area (Å²) < 4.78 is 139. The maximum absolute atomic E-state index is 15.6. The Balaban J connectivity index is 1.28. The van der Waals surface area contributed by atoms with Crippen LogP contribution in [0.1, 0.15) is 98.7 Å². The molecule has 0 aliphatic heterocycles. The summed E-state index contributed by atoms with van der Waals surface area (Å²) >= 11 is 6.68. The third kappa shape index (κ3) is 9.57. The van der Waals surface area contributed by atoms with Gasteiger partial charge in [0.25, 0.3) is 5.92 Å². The molecule has 3 atom stereocenters. The smallest absolute Gasteiger partial charge is 0.415 e. The van der Waals surface area contributed by atoms with Gasteiger partial charge in [-0.1, -0.05) is 57.2 Å². The van der Waals surface area contributed by atoms with E-state index in [-0.39, 0.29) is 56.6 Å². The van der Waals surface area contributed by atoms with E-state index in [1.165, 1.54) is 10.7 Å². The van der Waals surface area contributed by atoms with Gasteiger partial charge in [-0.25, -0.2) is 22.2 Å². The first-order valence-corrected chi connectivity index (χ1v) is 26.9. The summed E-state index contributed by atoms with van der Waals surface area (Å²) in [6.45, 7) is 10.1. The van der Waals surface area contributed by atoms with E-state index >= 15 is 8.78 Å². The number of rotatable bonds is 12. The first-order chi connectivity index (χ1) is 31.1. The van der Waals surface area contributed by atoms with Crippen molar-refractivity contribution in [2.75, 3.05) is 17.6 Å². The van der Waals surface area contributed by atoms with Crippen molar-refractivity contribution in [1.29, 1.82) is 0 Å². The van der Waals surface area contributed by atoms with E-state index < -0.39 is 94.8 Å². The minimum absolute atomic E-state index is 0.0344. The Morgan fingerprint density at radius 3 is 2.31 bits per heavy atom. The Kier molecular flexibility index (Phi) is 12.2. The summed E-state index contributed by atoms with van der Waals surface area (Å²) in [4.78, 5) is 19.2. The van der Waals surface area contributed by atoms with Crippen LogP contribution in [0.15, 0.2) is 42.5 Å². The number of nitrogens with zero attached hydrogens (tertiary/aromatic N) is 5. The Bertz CT molecular complexity index is 2970. The second kappa shape index (κ2) is 16.9. The topological polar surface area (TPSA) is 133 Å². The largest absolute Gasteiger partial charge is 0.435 e. The number of aromatic nitrogens is 5. The van der Waals surface area contributed by atoms with Gasteiger partial charge in [-0.15, -0.1) is 0 Å². The van der Waals surface area contributed by atoms with E-state index in [2.05, 4.69) is 65.9 Å². The van der Waals surface area contributed by atoms with Crippen molar-refractivity contribution in [2.24, 2.45) is 18.4 Å². The highest BCUT2D eigenvalue weighted by atomic mass is 35.5. The van der Waals surface area contributed by atoms with Crippen LogP contribution in [-0.4, -0.2) is 60.0 Å². The van der Waals surface area contributed by atoms with Gasteiger partial charge in [0.2, 0.25) is 15.9 Å². The number of alkyl halides is 5. The van der Waals surface area contributed by atoms with Crippen LogP contribution in [0.4, 0.5) is 36.6 Å². The van der Waals surface area contributed by atoms with E-state index in [1.807, 2.05) is 0 Å². The molecule has 2 fully saturated rings. The van der Waals surface area contributed by atoms with Gasteiger partial charge in [0.15, 0.2) is 19.8 Å². The molecule has 358 valence electrons. The Labute approximate surface area is 389 Å². The molecule has 3 heterocycles. The van der Waals surface area contributed by atoms with E-state index in [9.17, 15) is 35.2 Å². The molecular weight excluding hydrogens is 943 g/mol. The summed E-state index contributed by atoms with van der Waals surface area (Å²) in [5.74, 6) is -2.45. The molecule has 3 aliphatic carbocycles. The van der Waals surface area contributed by atoms with Gasteiger partial charge < -0.3 is 9.74 Å². The molecule has 1 unspecified atom stereocenters. The summed E-state index contributed by atoms with van der Waals surface area (Å²) in [6.07, 6.45) is -1.26. The van der Waals surface area contributed by atoms with Gasteiger partial charge in [-0.05, 0) is 91.5 Å². The van der Waals surface area contributed by atoms with Crippen LogP contribution >= 0.6 is 11.6 Å². The van der Waals surface area contributed by atoms with Gasteiger partial charge in [0.05, 0.1) is 45.9 Å². The average molecular weight is 993 g/mol. The van der Waals surface area contributed by atoms with Crippen LogP contribution in [0, 0.1) is 34.8 Å². The lowest BCUT2D eigenvalue weighted by molar-refractivity contribution is -0.142. The van der Waals surface area contributed by atoms with Crippen molar-refractivity contribution in [2.45, 2.75) is 108 Å². The number of pyridine rings is 1. The number of fused-ring (bicyclic) bond motifs is 4. The number of anilines is 1. The number of nitrogens with one attached hydrogen (secondary N) is 2. The zero-order valence-corrected chi connectivity index (χ0v) is 40.3. The fourth-order valence-corrected chi connectivity index (χ4v) is 10.9. The Morgan fingerprint density at radius 1 is 1.03 bits per heavy atom. The number of amides is 1. The zero-order chi connectivity index (χ0) is 48.8. The molecule has 1 amide bonds. The standard InChI is InChI=1S/C46H49ClF7N7O4SSi/c1-43(2,3)67(6,7)65-24-44(15-8-9-16-44)17-14-28-10-11-29(30-12-13-33(47)37-39(30)60(4)58-42(37)59-66(5,63)64)38(55-28)34(20-25-18-26(48)21-27(49)19-25)56-35(62)23-61-41-36(40(57-61)46(52,53)54)31-22-32(31)45(41,50)51/h10-13,18-19,21,31-32,34H,8-9,15-16,20,22-24H2,1-7H3,(H,56,62)(H,58,59)/t31-,32?,34-/m0/s1. The van der Waals surface area contributed by atoms with Crippen molar-refractivity contribution < 1.29 is 48.4 Å². The fourth-order valence-electron chi connectivity index (χ4n) is 9.12. The van der Waals surface area contributed by atoms with Crippen LogP contribution in [0.25, 0.3) is 22.0 Å². The number of sulfonamides is 1. The molecule has 2 aromatic carbocycles. The first kappa shape index (κ1) is 48.5. The van der Waals surface area contributed by atoms with Crippen molar-refractivity contribution >= 4 is 52.6 Å². The SMILES string of the molecule is Cn1nc(NS(C)(=O)=O)c2c(Cl)ccc(-c3ccc(C#CC4(CO[Si](C)(C)C(C)(C)C)CCCC4)nc3[C@H](Cc3cc(F)cc(F)c3)NC(=O)Cn3nc(C(F)(F)F)c4c3C(F)(F)C3C[C@H]43)c21. The summed E-state index contributed by atoms with van der Waals surface area (Å²) in [7, 11) is -4.50. The molecule has 3 aliphatic rings. The number of halogens is 8. The van der Waals surface area contributed by atoms with Gasteiger partial charge in [-0.2, -0.15) is 32.1 Å². The van der Waals surface area contributed by atoms with Crippen molar-refractivity contribution in [3.05, 3.63) is 93.0 Å². The molecule has 2 saturated carbocycles. The molecule has 0 radical (unpaired) electrons. The lowest BCUT2D eigenvalue weighted by Gasteiger charge is -2.38. The predicted octanol–water partition coefficient (Wildman–Crippen LogP) is 10.4. The zero-order valence-electron chi connectivity index (χ0n) is 37.7. The van der Waals surface area contributed by atoms with Crippen molar-refractivity contribution in [3.63, 3.8) is 0 Å². The fraction of sp³-hybridized carbons (Fsp3) is 0.478. The van der Waals surface area contributed by atoms with Crippen LogP contribution in [0.5, 0.6) is 0 Å². The molecule has 67 heavy (non-hydrogen) atoms. The lowest BCUT2D eigenvalue weighted by Crippen LogP contribution is -2.43. The highest BCUT2D eigenvalue weighted by molar-refractivity contribution is 7.92. The quantitative estimate of drug-likeness (QED) is 0.0723. The molecule has 0 spiro atoms. The van der Waals surface area contributed by atoms with Crippen molar-refractivity contribution in [1.82, 2.24) is 29.9 Å². The molecular formula is C46H49ClF7N7O4SSi. The Morgan fingerprint density at radius 2 is 1.69 bits per heavy atom. The molecule has 8 rings (SSSR count). The second-order valence-electron chi connectivity index (χ2n) is 19.5. The van der Waals surface area contributed by atoms with Gasteiger partial charge >= 0.3 is 6.18 Å². The maximum Gasteiger partial charge on any atom is 0.435 e. The third-order valence-electron chi connectivity index (χ3n) is 13.5. The van der Waals surface area contributed by atoms with Crippen LogP contribution < -0.4 is 10.0 Å². The van der Waals surface area contributed by atoms with E-state index in [0.717, 1.165) is 44.1 Å². The minimum atomic E-state index is -5.08. The number of hydrogen-bond acceptors (Lipinski definition) is 7. The summed E-state index contributed by atoms with van der Waals surface area (Å²) in [6, 6.07) is 7.74. The minimum Gasteiger partial charge on any atom is -0.415 e. The van der Waals surface area contributed by atoms with Crippen molar-refractivity contribution in [3.8, 4) is 23.0 Å². The van der Waals surface area contributed by atoms with E-state index in [4.69, 9.17) is 21.0 Å². The van der Waals surface area contributed by atoms with E-state index in [1.54, 1.807) is 25.2 Å². The summed E-state index contributed by atoms with van der Waals surface area (Å²) in [5, 5.41) is 10.9. The number of hydrogen-bond donors (Lipinski definition) is 2. The number of aryl methyl sites for hydroxylation is 1. The van der Waals surface area contributed by atoms with Crippen LogP contribution in [-0.2, 0) is 51.4 Å². The third-order valence-corrected chi connectivity index (χ3v) is 18.8. The number of carbonyl (C=O) groups excluding carboxylic acids is 1. The number of carbonyl (C=O) groups is 1. The summed E-state index contributed by atoms with van der Waals surface area (Å²) in [5.41, 5.74) is -2.34. The monoisotopic (exact) mass is 991 g/mol. The molecule has 21 heteroatoms. The molecule has 2 N–H and O–H groups in total. The molecule has 5 aromatic rings.